The first-order valence-electron chi connectivity index (χ1n) is 1.75. The summed E-state index contributed by atoms with van der Waals surface area (Å²) < 4.78 is 0. The summed E-state index contributed by atoms with van der Waals surface area (Å²) in [5.74, 6) is 0. The SMILES string of the molecule is C1=CSNN=C1.O=O.S. The van der Waals surface area contributed by atoms with Crippen LogP contribution in [0.25, 0.3) is 0 Å². The van der Waals surface area contributed by atoms with Gasteiger partial charge in [-0.15, -0.1) is 0 Å². The average Bonchev–Trinajstić information content (AvgIpc) is 1.96. The summed E-state index contributed by atoms with van der Waals surface area (Å²) in [4.78, 5) is 16.7. The van der Waals surface area contributed by atoms with E-state index < -0.39 is 0 Å². The Bertz CT molecular complexity index is 94.0. The Kier molecular flexibility index (Phi) is 13.2. The predicted molar refractivity (Wildman–Crippen MR) is 45.5 cm³/mol. The van der Waals surface area contributed by atoms with Crippen molar-refractivity contribution >= 4 is 31.7 Å². The highest BCUT2D eigenvalue weighted by Crippen LogP contribution is 1.95. The van der Waals surface area contributed by atoms with Gasteiger partial charge in [0.25, 0.3) is 0 Å². The van der Waals surface area contributed by atoms with Crippen molar-refractivity contribution in [3.05, 3.63) is 21.4 Å². The lowest BCUT2D eigenvalue weighted by molar-refractivity contribution is 1.13. The van der Waals surface area contributed by atoms with Gasteiger partial charge in [-0.25, -0.2) is 4.83 Å². The van der Waals surface area contributed by atoms with Crippen molar-refractivity contribution < 1.29 is 0 Å². The molecule has 0 aromatic heterocycles. The van der Waals surface area contributed by atoms with Crippen LogP contribution in [-0.4, -0.2) is 6.21 Å². The summed E-state index contributed by atoms with van der Waals surface area (Å²) in [7, 11) is 0. The normalized spacial score (nSPS) is 12.0. The number of hydrazone groups is 1. The van der Waals surface area contributed by atoms with Crippen LogP contribution in [0.4, 0.5) is 0 Å². The monoisotopic (exact) mass is 166 g/mol. The molecule has 1 heterocycles. The molecule has 1 aliphatic rings. The molecular weight excluding hydrogens is 160 g/mol. The van der Waals surface area contributed by atoms with Crippen molar-refractivity contribution in [3.63, 3.8) is 0 Å². The third kappa shape index (κ3) is 7.51. The molecule has 52 valence electrons. The van der Waals surface area contributed by atoms with Crippen LogP contribution in [0.1, 0.15) is 0 Å². The quantitative estimate of drug-likeness (QED) is 0.543. The van der Waals surface area contributed by atoms with Crippen molar-refractivity contribution in [1.29, 1.82) is 0 Å². The van der Waals surface area contributed by atoms with Gasteiger partial charge in [0.2, 0.25) is 0 Å². The molecule has 4 nitrogen and oxygen atoms in total. The lowest BCUT2D eigenvalue weighted by Crippen LogP contribution is -1.91. The van der Waals surface area contributed by atoms with Crippen LogP contribution in [0.2, 0.25) is 0 Å². The molecule has 1 aliphatic heterocycles. The van der Waals surface area contributed by atoms with Gasteiger partial charge < -0.3 is 0 Å². The van der Waals surface area contributed by atoms with Gasteiger partial charge in [0.1, 0.15) is 0 Å². The maximum absolute atomic E-state index is 7.00. The third-order valence-electron chi connectivity index (χ3n) is 0.413. The summed E-state index contributed by atoms with van der Waals surface area (Å²) in [6, 6.07) is 0. The molecule has 9 heavy (non-hydrogen) atoms. The first-order chi connectivity index (χ1) is 4.00. The highest BCUT2D eigenvalue weighted by Gasteiger charge is 1.75. The molecule has 0 radical (unpaired) electrons. The molecule has 0 spiro atoms. The second-order valence-electron chi connectivity index (χ2n) is 0.816. The number of hydrogen-bond acceptors (Lipinski definition) is 5. The van der Waals surface area contributed by atoms with E-state index in [1.54, 1.807) is 6.21 Å². The van der Waals surface area contributed by atoms with Crippen molar-refractivity contribution in [2.75, 3.05) is 0 Å². The fourth-order valence-corrected chi connectivity index (χ4v) is 0.540. The zero-order valence-corrected chi connectivity index (χ0v) is 6.22. The molecule has 0 fully saturated rings. The second kappa shape index (κ2) is 10.5. The Morgan fingerprint density at radius 2 is 2.11 bits per heavy atom. The van der Waals surface area contributed by atoms with Crippen molar-refractivity contribution in [1.82, 2.24) is 4.83 Å². The van der Waals surface area contributed by atoms with Gasteiger partial charge in [-0.05, 0) is 23.4 Å². The fraction of sp³-hybridized carbons (Fsp3) is 0. The van der Waals surface area contributed by atoms with E-state index in [-0.39, 0.29) is 13.5 Å². The predicted octanol–water partition coefficient (Wildman–Crippen LogP) is 0.917. The molecule has 0 amide bonds. The van der Waals surface area contributed by atoms with E-state index in [0.717, 1.165) is 0 Å². The van der Waals surface area contributed by atoms with E-state index in [9.17, 15) is 0 Å². The van der Waals surface area contributed by atoms with Crippen LogP contribution < -0.4 is 4.83 Å². The maximum Gasteiger partial charge on any atom is 0.0484 e. The summed E-state index contributed by atoms with van der Waals surface area (Å²) in [6.45, 7) is 0. The van der Waals surface area contributed by atoms with E-state index in [1.165, 1.54) is 11.9 Å². The minimum absolute atomic E-state index is 0. The second-order valence-corrected chi connectivity index (χ2v) is 1.51. The molecular formula is C3H6N2O2S2. The van der Waals surface area contributed by atoms with Crippen LogP contribution in [0.5, 0.6) is 0 Å². The zero-order chi connectivity index (χ0) is 6.24. The Morgan fingerprint density at radius 3 is 2.22 bits per heavy atom. The Hall–Kier alpha value is -0.490. The summed E-state index contributed by atoms with van der Waals surface area (Å²) >= 11 is 1.47. The molecule has 0 unspecified atom stereocenters. The van der Waals surface area contributed by atoms with Crippen LogP contribution in [0, 0.1) is 9.93 Å². The lowest BCUT2D eigenvalue weighted by atomic mass is 10.7. The zero-order valence-electron chi connectivity index (χ0n) is 4.40. The van der Waals surface area contributed by atoms with Crippen LogP contribution >= 0.6 is 25.4 Å². The van der Waals surface area contributed by atoms with E-state index in [4.69, 9.17) is 9.93 Å². The van der Waals surface area contributed by atoms with Gasteiger partial charge in [-0.2, -0.15) is 18.6 Å². The summed E-state index contributed by atoms with van der Waals surface area (Å²) in [5.41, 5.74) is 0. The molecule has 0 saturated heterocycles. The average molecular weight is 166 g/mol. The minimum atomic E-state index is 0. The van der Waals surface area contributed by atoms with Crippen LogP contribution in [-0.2, 0) is 0 Å². The molecule has 1 N–H and O–H groups in total. The van der Waals surface area contributed by atoms with Gasteiger partial charge in [0.15, 0.2) is 0 Å². The summed E-state index contributed by atoms with van der Waals surface area (Å²) in [5, 5.41) is 5.60. The van der Waals surface area contributed by atoms with Crippen molar-refractivity contribution in [2.24, 2.45) is 5.10 Å². The van der Waals surface area contributed by atoms with Crippen molar-refractivity contribution in [3.8, 4) is 0 Å². The Balaban J connectivity index is 0. The highest BCUT2D eigenvalue weighted by atomic mass is 32.2. The first kappa shape index (κ1) is 11.3. The molecule has 6 heteroatoms. The Labute approximate surface area is 63.6 Å². The molecule has 0 atom stereocenters. The maximum atomic E-state index is 7.00. The van der Waals surface area contributed by atoms with E-state index in [0.29, 0.717) is 0 Å². The minimum Gasteiger partial charge on any atom is -0.248 e. The number of rotatable bonds is 0. The molecule has 0 bridgehead atoms. The van der Waals surface area contributed by atoms with Gasteiger partial charge in [-0.3, -0.25) is 0 Å². The lowest BCUT2D eigenvalue weighted by Gasteiger charge is -1.92. The van der Waals surface area contributed by atoms with Crippen LogP contribution in [0.15, 0.2) is 16.6 Å². The standard InChI is InChI=1S/C3H4N2S.O2.H2S/c1-2-4-5-6-3-1;1-2;/h1-3,5H;;1H2. The van der Waals surface area contributed by atoms with E-state index in [1.807, 2.05) is 11.5 Å². The van der Waals surface area contributed by atoms with E-state index in [2.05, 4.69) is 9.93 Å². The molecule has 0 aromatic carbocycles. The smallest absolute Gasteiger partial charge is 0.0484 e. The van der Waals surface area contributed by atoms with Gasteiger partial charge in [0, 0.05) is 16.1 Å². The molecule has 1 rings (SSSR count). The highest BCUT2D eigenvalue weighted by molar-refractivity contribution is 8.00. The summed E-state index contributed by atoms with van der Waals surface area (Å²) in [6.07, 6.45) is 3.58. The molecule has 0 aliphatic carbocycles. The fourth-order valence-electron chi connectivity index (χ4n) is 0.209. The third-order valence-corrected chi connectivity index (χ3v) is 0.917. The largest absolute Gasteiger partial charge is 0.248 e. The first-order valence-corrected chi connectivity index (χ1v) is 2.63. The van der Waals surface area contributed by atoms with E-state index >= 15 is 0 Å². The van der Waals surface area contributed by atoms with Gasteiger partial charge in [0.05, 0.1) is 0 Å². The van der Waals surface area contributed by atoms with Crippen LogP contribution in [0.3, 0.4) is 0 Å². The number of allylic oxidation sites excluding steroid dienone is 1. The van der Waals surface area contributed by atoms with Gasteiger partial charge in [-0.1, -0.05) is 0 Å². The van der Waals surface area contributed by atoms with Crippen molar-refractivity contribution in [2.45, 2.75) is 0 Å². The number of nitrogens with one attached hydrogen (secondary N) is 1. The Morgan fingerprint density at radius 1 is 1.44 bits per heavy atom. The number of nitrogens with zero attached hydrogens (tertiary/aromatic N) is 1. The molecule has 0 saturated carbocycles. The number of hydrogen-bond donors (Lipinski definition) is 1. The molecule has 0 aromatic rings. The topological polar surface area (TPSA) is 58.5 Å². The van der Waals surface area contributed by atoms with Gasteiger partial charge >= 0.3 is 0 Å².